The molecule has 1 heteroatoms. The molecule has 1 radical (unpaired) electrons. The van der Waals surface area contributed by atoms with Gasteiger partial charge in [0.15, 0.2) is 0 Å². The van der Waals surface area contributed by atoms with Crippen LogP contribution in [-0.2, 0) is 6.42 Å². The predicted octanol–water partition coefficient (Wildman–Crippen LogP) is 2.86. The molecule has 0 bridgehead atoms. The van der Waals surface area contributed by atoms with Gasteiger partial charge in [0.05, 0.1) is 0 Å². The first-order valence-electron chi connectivity index (χ1n) is 6.78. The highest BCUT2D eigenvalue weighted by molar-refractivity contribution is 6.86. The van der Waals surface area contributed by atoms with Crippen LogP contribution in [0.15, 0.2) is 48.5 Å². The largest absolute Gasteiger partial charge is 0.122 e. The molecule has 91 valence electrons. The summed E-state index contributed by atoms with van der Waals surface area (Å²) in [6.07, 6.45) is 1.12. The fourth-order valence-corrected chi connectivity index (χ4v) is 6.18. The van der Waals surface area contributed by atoms with Crippen molar-refractivity contribution in [3.8, 4) is 0 Å². The molecule has 3 rings (SSSR count). The van der Waals surface area contributed by atoms with Crippen LogP contribution >= 0.6 is 0 Å². The van der Waals surface area contributed by atoms with Gasteiger partial charge in [-0.1, -0.05) is 72.8 Å². The summed E-state index contributed by atoms with van der Waals surface area (Å²) in [5.41, 5.74) is 3.12. The van der Waals surface area contributed by atoms with Crippen LogP contribution in [0.25, 0.3) is 0 Å². The third kappa shape index (κ3) is 2.03. The smallest absolute Gasteiger partial charge is 0.0630 e. The van der Waals surface area contributed by atoms with E-state index in [1.165, 1.54) is 6.04 Å². The Kier molecular flexibility index (Phi) is 3.08. The zero-order valence-electron chi connectivity index (χ0n) is 11.1. The molecule has 0 aromatic heterocycles. The Morgan fingerprint density at radius 1 is 0.889 bits per heavy atom. The molecule has 0 spiro atoms. The van der Waals surface area contributed by atoms with Crippen molar-refractivity contribution < 1.29 is 0 Å². The lowest BCUT2D eigenvalue weighted by Crippen LogP contribution is -2.49. The third-order valence-corrected chi connectivity index (χ3v) is 7.18. The van der Waals surface area contributed by atoms with Crippen LogP contribution in [0.2, 0.25) is 6.04 Å². The Balaban J connectivity index is 2.11. The van der Waals surface area contributed by atoms with E-state index in [1.54, 1.807) is 21.5 Å². The van der Waals surface area contributed by atoms with Crippen LogP contribution in [0, 0.1) is 5.92 Å². The summed E-state index contributed by atoms with van der Waals surface area (Å²) >= 11 is 0. The van der Waals surface area contributed by atoms with Crippen LogP contribution in [0.3, 0.4) is 0 Å². The number of hydrogen-bond acceptors (Lipinski definition) is 0. The molecular formula is C17H19Si. The van der Waals surface area contributed by atoms with Gasteiger partial charge in [0, 0.05) is 0 Å². The zero-order valence-corrected chi connectivity index (χ0v) is 12.1. The molecule has 1 aliphatic heterocycles. The van der Waals surface area contributed by atoms with Gasteiger partial charge < -0.3 is 0 Å². The molecule has 1 heterocycles. The standard InChI is InChI=1S/C17H19Si/c1-13(2)12-18-16-9-5-3-7-14(16)11-15-8-4-6-10-17(15)18/h3-10,13H,11-12H2,1-2H3. The molecule has 1 aliphatic rings. The van der Waals surface area contributed by atoms with E-state index in [1.807, 2.05) is 0 Å². The van der Waals surface area contributed by atoms with E-state index in [2.05, 4.69) is 62.4 Å². The van der Waals surface area contributed by atoms with E-state index in [4.69, 9.17) is 0 Å². The molecule has 0 aliphatic carbocycles. The van der Waals surface area contributed by atoms with E-state index in [0.29, 0.717) is 0 Å². The van der Waals surface area contributed by atoms with Gasteiger partial charge in [0.2, 0.25) is 0 Å². The molecule has 18 heavy (non-hydrogen) atoms. The fraction of sp³-hybridized carbons (Fsp3) is 0.294. The second kappa shape index (κ2) is 4.73. The summed E-state index contributed by atoms with van der Waals surface area (Å²) in [6, 6.07) is 19.5. The van der Waals surface area contributed by atoms with Gasteiger partial charge in [-0.05, 0) is 29.5 Å². The average Bonchev–Trinajstić information content (AvgIpc) is 2.38. The first kappa shape index (κ1) is 11.7. The molecule has 0 atom stereocenters. The topological polar surface area (TPSA) is 0 Å². The molecule has 0 unspecified atom stereocenters. The third-order valence-electron chi connectivity index (χ3n) is 3.68. The summed E-state index contributed by atoms with van der Waals surface area (Å²) in [4.78, 5) is 0. The van der Waals surface area contributed by atoms with E-state index in [9.17, 15) is 0 Å². The second-order valence-electron chi connectivity index (χ2n) is 5.57. The van der Waals surface area contributed by atoms with E-state index in [0.717, 1.165) is 12.3 Å². The molecular weight excluding hydrogens is 232 g/mol. The summed E-state index contributed by atoms with van der Waals surface area (Å²) in [6.45, 7) is 4.69. The summed E-state index contributed by atoms with van der Waals surface area (Å²) in [5.74, 6) is 0.776. The van der Waals surface area contributed by atoms with Crippen LogP contribution < -0.4 is 10.4 Å². The molecule has 0 fully saturated rings. The summed E-state index contributed by atoms with van der Waals surface area (Å²) in [7, 11) is -0.561. The molecule has 0 N–H and O–H groups in total. The molecule has 2 aromatic rings. The van der Waals surface area contributed by atoms with Crippen molar-refractivity contribution in [2.75, 3.05) is 0 Å². The maximum atomic E-state index is 2.36. The zero-order chi connectivity index (χ0) is 12.5. The monoisotopic (exact) mass is 251 g/mol. The first-order chi connectivity index (χ1) is 8.75. The Labute approximate surface area is 111 Å². The van der Waals surface area contributed by atoms with Crippen LogP contribution in [-0.4, -0.2) is 8.80 Å². The lowest BCUT2D eigenvalue weighted by molar-refractivity contribution is 0.729. The molecule has 0 amide bonds. The highest BCUT2D eigenvalue weighted by Crippen LogP contribution is 2.17. The van der Waals surface area contributed by atoms with Crippen molar-refractivity contribution in [1.82, 2.24) is 0 Å². The average molecular weight is 251 g/mol. The second-order valence-corrected chi connectivity index (χ2v) is 8.01. The van der Waals surface area contributed by atoms with Gasteiger partial charge >= 0.3 is 0 Å². The first-order valence-corrected chi connectivity index (χ1v) is 8.49. The number of fused-ring (bicyclic) bond motifs is 2. The minimum absolute atomic E-state index is 0.561. The summed E-state index contributed by atoms with van der Waals surface area (Å²) in [5, 5.41) is 3.30. The predicted molar refractivity (Wildman–Crippen MR) is 80.4 cm³/mol. The van der Waals surface area contributed by atoms with E-state index >= 15 is 0 Å². The van der Waals surface area contributed by atoms with Crippen molar-refractivity contribution in [2.24, 2.45) is 5.92 Å². The van der Waals surface area contributed by atoms with Gasteiger partial charge in [-0.2, -0.15) is 0 Å². The van der Waals surface area contributed by atoms with Crippen molar-refractivity contribution >= 4 is 19.2 Å². The molecule has 0 saturated carbocycles. The van der Waals surface area contributed by atoms with Crippen LogP contribution in [0.1, 0.15) is 25.0 Å². The maximum absolute atomic E-state index is 2.36. The van der Waals surface area contributed by atoms with E-state index < -0.39 is 8.80 Å². The molecule has 0 nitrogen and oxygen atoms in total. The number of benzene rings is 2. The molecule has 2 aromatic carbocycles. The normalized spacial score (nSPS) is 14.4. The minimum atomic E-state index is -0.561. The Morgan fingerprint density at radius 2 is 1.39 bits per heavy atom. The Hall–Kier alpha value is -1.34. The quantitative estimate of drug-likeness (QED) is 0.720. The highest BCUT2D eigenvalue weighted by Gasteiger charge is 2.27. The van der Waals surface area contributed by atoms with Gasteiger partial charge in [0.1, 0.15) is 8.80 Å². The maximum Gasteiger partial charge on any atom is 0.122 e. The van der Waals surface area contributed by atoms with Crippen molar-refractivity contribution in [3.63, 3.8) is 0 Å². The Morgan fingerprint density at radius 3 is 1.89 bits per heavy atom. The lowest BCUT2D eigenvalue weighted by Gasteiger charge is -2.28. The van der Waals surface area contributed by atoms with Gasteiger partial charge in [-0.25, -0.2) is 0 Å². The lowest BCUT2D eigenvalue weighted by atomic mass is 10.0. The highest BCUT2D eigenvalue weighted by atomic mass is 28.3. The van der Waals surface area contributed by atoms with Gasteiger partial charge in [-0.15, -0.1) is 0 Å². The van der Waals surface area contributed by atoms with Crippen LogP contribution in [0.4, 0.5) is 0 Å². The number of rotatable bonds is 2. The Bertz CT molecular complexity index is 512. The van der Waals surface area contributed by atoms with Crippen molar-refractivity contribution in [1.29, 1.82) is 0 Å². The van der Waals surface area contributed by atoms with Gasteiger partial charge in [-0.3, -0.25) is 0 Å². The fourth-order valence-electron chi connectivity index (χ4n) is 2.92. The van der Waals surface area contributed by atoms with Crippen LogP contribution in [0.5, 0.6) is 0 Å². The van der Waals surface area contributed by atoms with E-state index in [-0.39, 0.29) is 0 Å². The summed E-state index contributed by atoms with van der Waals surface area (Å²) < 4.78 is 0. The van der Waals surface area contributed by atoms with Crippen molar-refractivity contribution in [2.45, 2.75) is 26.3 Å². The van der Waals surface area contributed by atoms with Gasteiger partial charge in [0.25, 0.3) is 0 Å². The molecule has 0 saturated heterocycles. The minimum Gasteiger partial charge on any atom is -0.0630 e. The van der Waals surface area contributed by atoms with Crippen molar-refractivity contribution in [3.05, 3.63) is 59.7 Å². The SMILES string of the molecule is CC(C)C[Si]1c2ccccc2Cc2ccccc21. The number of hydrogen-bond donors (Lipinski definition) is 0.